The van der Waals surface area contributed by atoms with Gasteiger partial charge in [-0.15, -0.1) is 0 Å². The van der Waals surface area contributed by atoms with Crippen molar-refractivity contribution in [2.75, 3.05) is 13.2 Å². The first-order chi connectivity index (χ1) is 12.5. The predicted molar refractivity (Wildman–Crippen MR) is 97.4 cm³/mol. The SMILES string of the molecule is CC(NC(=O)C1CCC1)C(=O)N(Cc1ccccc1O)CC1CCCO1. The van der Waals surface area contributed by atoms with Gasteiger partial charge in [-0.2, -0.15) is 0 Å². The molecule has 2 aliphatic rings. The van der Waals surface area contributed by atoms with Gasteiger partial charge in [-0.25, -0.2) is 0 Å². The Kier molecular flexibility index (Phi) is 6.14. The van der Waals surface area contributed by atoms with Gasteiger partial charge in [-0.3, -0.25) is 9.59 Å². The van der Waals surface area contributed by atoms with Gasteiger partial charge < -0.3 is 20.1 Å². The number of amides is 2. The lowest BCUT2D eigenvalue weighted by Gasteiger charge is -2.30. The maximum Gasteiger partial charge on any atom is 0.245 e. The summed E-state index contributed by atoms with van der Waals surface area (Å²) in [6.45, 7) is 3.22. The van der Waals surface area contributed by atoms with Crippen molar-refractivity contribution < 1.29 is 19.4 Å². The van der Waals surface area contributed by atoms with Gasteiger partial charge in [0.1, 0.15) is 11.8 Å². The van der Waals surface area contributed by atoms with Gasteiger partial charge in [0.05, 0.1) is 6.10 Å². The van der Waals surface area contributed by atoms with Crippen molar-refractivity contribution in [1.29, 1.82) is 0 Å². The van der Waals surface area contributed by atoms with Crippen molar-refractivity contribution in [3.63, 3.8) is 0 Å². The molecule has 1 saturated carbocycles. The molecule has 0 bridgehead atoms. The highest BCUT2D eigenvalue weighted by molar-refractivity contribution is 5.88. The molecule has 2 amide bonds. The van der Waals surface area contributed by atoms with Crippen LogP contribution >= 0.6 is 0 Å². The number of benzene rings is 1. The van der Waals surface area contributed by atoms with Gasteiger partial charge >= 0.3 is 0 Å². The summed E-state index contributed by atoms with van der Waals surface area (Å²) < 4.78 is 5.68. The summed E-state index contributed by atoms with van der Waals surface area (Å²) in [7, 11) is 0. The van der Waals surface area contributed by atoms with Crippen LogP contribution in [0.3, 0.4) is 0 Å². The van der Waals surface area contributed by atoms with Crippen LogP contribution in [0.1, 0.15) is 44.6 Å². The van der Waals surface area contributed by atoms with E-state index in [2.05, 4.69) is 5.32 Å². The molecule has 0 radical (unpaired) electrons. The van der Waals surface area contributed by atoms with E-state index >= 15 is 0 Å². The predicted octanol–water partition coefficient (Wildman–Crippen LogP) is 2.20. The summed E-state index contributed by atoms with van der Waals surface area (Å²) in [6.07, 6.45) is 4.83. The van der Waals surface area contributed by atoms with Crippen molar-refractivity contribution in [3.05, 3.63) is 29.8 Å². The lowest BCUT2D eigenvalue weighted by Crippen LogP contribution is -2.50. The quantitative estimate of drug-likeness (QED) is 0.781. The van der Waals surface area contributed by atoms with Crippen LogP contribution in [0.5, 0.6) is 5.75 Å². The zero-order valence-corrected chi connectivity index (χ0v) is 15.3. The standard InChI is InChI=1S/C20H28N2O4/c1-14(21-19(24)15-7-4-8-15)20(25)22(13-17-9-5-11-26-17)12-16-6-2-3-10-18(16)23/h2-3,6,10,14-15,17,23H,4-5,7-9,11-13H2,1H3,(H,21,24). The van der Waals surface area contributed by atoms with Crippen molar-refractivity contribution in [1.82, 2.24) is 10.2 Å². The molecule has 1 aromatic carbocycles. The van der Waals surface area contributed by atoms with E-state index in [1.807, 2.05) is 12.1 Å². The second-order valence-corrected chi connectivity index (χ2v) is 7.34. The highest BCUT2D eigenvalue weighted by Crippen LogP contribution is 2.26. The third-order valence-corrected chi connectivity index (χ3v) is 5.32. The first-order valence-electron chi connectivity index (χ1n) is 9.52. The van der Waals surface area contributed by atoms with Crippen LogP contribution < -0.4 is 5.32 Å². The molecule has 1 aliphatic heterocycles. The summed E-state index contributed by atoms with van der Waals surface area (Å²) in [5.41, 5.74) is 0.691. The molecule has 1 saturated heterocycles. The number of carbonyl (C=O) groups excluding carboxylic acids is 2. The number of phenolic OH excluding ortho intramolecular Hbond substituents is 1. The molecule has 2 N–H and O–H groups in total. The Hall–Kier alpha value is -2.08. The van der Waals surface area contributed by atoms with Crippen LogP contribution in [0.25, 0.3) is 0 Å². The van der Waals surface area contributed by atoms with E-state index in [-0.39, 0.29) is 29.6 Å². The molecule has 3 rings (SSSR count). The van der Waals surface area contributed by atoms with Gasteiger partial charge in [0.15, 0.2) is 0 Å². The van der Waals surface area contributed by atoms with Gasteiger partial charge in [-0.1, -0.05) is 24.6 Å². The molecule has 0 aromatic heterocycles. The summed E-state index contributed by atoms with van der Waals surface area (Å²) in [5.74, 6) is 0.0481. The minimum Gasteiger partial charge on any atom is -0.508 e. The Morgan fingerprint density at radius 3 is 2.65 bits per heavy atom. The summed E-state index contributed by atoms with van der Waals surface area (Å²) >= 11 is 0. The van der Waals surface area contributed by atoms with Crippen LogP contribution in [0.4, 0.5) is 0 Å². The lowest BCUT2D eigenvalue weighted by atomic mass is 9.84. The lowest BCUT2D eigenvalue weighted by molar-refractivity contribution is -0.139. The highest BCUT2D eigenvalue weighted by atomic mass is 16.5. The van der Waals surface area contributed by atoms with Gasteiger partial charge in [0.25, 0.3) is 0 Å². The van der Waals surface area contributed by atoms with Gasteiger partial charge in [0.2, 0.25) is 11.8 Å². The first-order valence-corrected chi connectivity index (χ1v) is 9.52. The van der Waals surface area contributed by atoms with Crippen LogP contribution in [0, 0.1) is 5.92 Å². The van der Waals surface area contributed by atoms with Crippen molar-refractivity contribution in [2.24, 2.45) is 5.92 Å². The number of para-hydroxylation sites is 1. The Labute approximate surface area is 154 Å². The molecular formula is C20H28N2O4. The monoisotopic (exact) mass is 360 g/mol. The number of nitrogens with one attached hydrogen (secondary N) is 1. The van der Waals surface area contributed by atoms with E-state index in [1.54, 1.807) is 24.0 Å². The van der Waals surface area contributed by atoms with E-state index in [1.165, 1.54) is 0 Å². The number of nitrogens with zero attached hydrogens (tertiary/aromatic N) is 1. The maximum atomic E-state index is 13.0. The Bertz CT molecular complexity index is 638. The molecule has 2 fully saturated rings. The molecule has 1 aromatic rings. The fourth-order valence-corrected chi connectivity index (χ4v) is 3.45. The van der Waals surface area contributed by atoms with Crippen molar-refractivity contribution >= 4 is 11.8 Å². The first kappa shape index (κ1) is 18.7. The highest BCUT2D eigenvalue weighted by Gasteiger charge is 2.30. The van der Waals surface area contributed by atoms with E-state index in [0.717, 1.165) is 38.7 Å². The largest absolute Gasteiger partial charge is 0.508 e. The Morgan fingerprint density at radius 1 is 1.27 bits per heavy atom. The van der Waals surface area contributed by atoms with Crippen LogP contribution in [0.15, 0.2) is 24.3 Å². The molecule has 142 valence electrons. The van der Waals surface area contributed by atoms with Crippen LogP contribution in [-0.2, 0) is 20.9 Å². The van der Waals surface area contributed by atoms with Crippen molar-refractivity contribution in [3.8, 4) is 5.75 Å². The molecule has 0 spiro atoms. The second-order valence-electron chi connectivity index (χ2n) is 7.34. The number of hydrogen-bond donors (Lipinski definition) is 2. The van der Waals surface area contributed by atoms with Gasteiger partial charge in [-0.05, 0) is 38.7 Å². The van der Waals surface area contributed by atoms with Gasteiger partial charge in [0, 0.05) is 31.2 Å². The number of carbonyl (C=O) groups is 2. The summed E-state index contributed by atoms with van der Waals surface area (Å²) in [5, 5.41) is 12.9. The van der Waals surface area contributed by atoms with Crippen LogP contribution in [0.2, 0.25) is 0 Å². The summed E-state index contributed by atoms with van der Waals surface area (Å²) in [4.78, 5) is 26.8. The molecular weight excluding hydrogens is 332 g/mol. The third-order valence-electron chi connectivity index (χ3n) is 5.32. The smallest absolute Gasteiger partial charge is 0.245 e. The minimum absolute atomic E-state index is 0.0133. The number of rotatable bonds is 7. The molecule has 2 atom stereocenters. The molecule has 1 aliphatic carbocycles. The Morgan fingerprint density at radius 2 is 2.04 bits per heavy atom. The number of hydrogen-bond acceptors (Lipinski definition) is 4. The maximum absolute atomic E-state index is 13.0. The number of phenols is 1. The minimum atomic E-state index is -0.588. The third kappa shape index (κ3) is 4.55. The van der Waals surface area contributed by atoms with E-state index in [4.69, 9.17) is 4.74 Å². The van der Waals surface area contributed by atoms with E-state index in [9.17, 15) is 14.7 Å². The molecule has 6 heteroatoms. The normalized spacial score (nSPS) is 21.0. The van der Waals surface area contributed by atoms with E-state index < -0.39 is 6.04 Å². The average Bonchev–Trinajstić information content (AvgIpc) is 3.06. The van der Waals surface area contributed by atoms with Crippen molar-refractivity contribution in [2.45, 2.75) is 57.7 Å². The zero-order valence-electron chi connectivity index (χ0n) is 15.3. The molecule has 2 unspecified atom stereocenters. The number of ether oxygens (including phenoxy) is 1. The molecule has 6 nitrogen and oxygen atoms in total. The van der Waals surface area contributed by atoms with E-state index in [0.29, 0.717) is 18.7 Å². The van der Waals surface area contributed by atoms with Crippen LogP contribution in [-0.4, -0.2) is 47.1 Å². The zero-order chi connectivity index (χ0) is 18.5. The molecule has 1 heterocycles. The second kappa shape index (κ2) is 8.54. The fraction of sp³-hybridized carbons (Fsp3) is 0.600. The molecule has 26 heavy (non-hydrogen) atoms. The topological polar surface area (TPSA) is 78.9 Å². The Balaban J connectivity index is 1.67. The number of aromatic hydroxyl groups is 1. The average molecular weight is 360 g/mol. The summed E-state index contributed by atoms with van der Waals surface area (Å²) in [6, 6.07) is 6.43. The fourth-order valence-electron chi connectivity index (χ4n) is 3.45.